The number of nitrogens with one attached hydrogen (secondary N) is 1. The van der Waals surface area contributed by atoms with Gasteiger partial charge in [0, 0.05) is 5.56 Å². The summed E-state index contributed by atoms with van der Waals surface area (Å²) in [5.41, 5.74) is 1.98. The Morgan fingerprint density at radius 1 is 0.933 bits per heavy atom. The number of hydrogen-bond donors (Lipinski definition) is 1. The Kier molecular flexibility index (Phi) is 5.70. The second-order valence-electron chi connectivity index (χ2n) is 6.35. The van der Waals surface area contributed by atoms with Crippen LogP contribution in [0.3, 0.4) is 0 Å². The molecule has 30 heavy (non-hydrogen) atoms. The molecule has 0 bridgehead atoms. The van der Waals surface area contributed by atoms with Gasteiger partial charge in [0.05, 0.1) is 18.4 Å². The van der Waals surface area contributed by atoms with Crippen LogP contribution < -0.4 is 14.8 Å². The minimum Gasteiger partial charge on any atom is -0.497 e. The summed E-state index contributed by atoms with van der Waals surface area (Å²) in [6, 6.07) is 23.7. The molecular weight excluding hydrogens is 382 g/mol. The van der Waals surface area contributed by atoms with Crippen molar-refractivity contribution >= 4 is 11.6 Å². The number of carbonyl (C=O) groups is 1. The van der Waals surface area contributed by atoms with Gasteiger partial charge in [0.15, 0.2) is 6.61 Å². The molecule has 0 spiro atoms. The lowest BCUT2D eigenvalue weighted by Gasteiger charge is -2.09. The van der Waals surface area contributed by atoms with Crippen LogP contribution in [0, 0.1) is 0 Å². The fourth-order valence-electron chi connectivity index (χ4n) is 2.82. The van der Waals surface area contributed by atoms with Gasteiger partial charge in [-0.25, -0.2) is 0 Å². The van der Waals surface area contributed by atoms with Crippen molar-refractivity contribution in [2.75, 3.05) is 19.0 Å². The van der Waals surface area contributed by atoms with Gasteiger partial charge in [0.2, 0.25) is 5.82 Å². The number of benzene rings is 3. The Morgan fingerprint density at radius 2 is 1.67 bits per heavy atom. The highest BCUT2D eigenvalue weighted by Crippen LogP contribution is 2.29. The number of carbonyl (C=O) groups excluding carboxylic acids is 1. The number of methoxy groups -OCH3 is 1. The summed E-state index contributed by atoms with van der Waals surface area (Å²) >= 11 is 0. The van der Waals surface area contributed by atoms with Crippen molar-refractivity contribution < 1.29 is 18.8 Å². The Bertz CT molecular complexity index is 1120. The third-order valence-electron chi connectivity index (χ3n) is 4.32. The van der Waals surface area contributed by atoms with Crippen LogP contribution in [0.5, 0.6) is 11.5 Å². The van der Waals surface area contributed by atoms with Gasteiger partial charge in [-0.2, -0.15) is 4.98 Å². The number of ether oxygens (including phenoxy) is 2. The Hall–Kier alpha value is -4.13. The van der Waals surface area contributed by atoms with Crippen LogP contribution in [-0.2, 0) is 4.79 Å². The zero-order valence-electron chi connectivity index (χ0n) is 16.2. The molecule has 1 N–H and O–H groups in total. The van der Waals surface area contributed by atoms with Crippen LogP contribution in [0.2, 0.25) is 0 Å². The molecule has 7 heteroatoms. The highest BCUT2D eigenvalue weighted by Gasteiger charge is 2.15. The second-order valence-corrected chi connectivity index (χ2v) is 6.35. The van der Waals surface area contributed by atoms with E-state index in [1.165, 1.54) is 0 Å². The van der Waals surface area contributed by atoms with E-state index < -0.39 is 0 Å². The number of hydrogen-bond acceptors (Lipinski definition) is 6. The van der Waals surface area contributed by atoms with Gasteiger partial charge in [-0.05, 0) is 48.5 Å². The molecule has 0 aliphatic carbocycles. The predicted molar refractivity (Wildman–Crippen MR) is 112 cm³/mol. The Morgan fingerprint density at radius 3 is 2.43 bits per heavy atom. The average molecular weight is 401 g/mol. The van der Waals surface area contributed by atoms with Gasteiger partial charge in [-0.1, -0.05) is 35.5 Å². The van der Waals surface area contributed by atoms with E-state index in [2.05, 4.69) is 15.5 Å². The molecule has 0 saturated heterocycles. The summed E-state index contributed by atoms with van der Waals surface area (Å²) in [4.78, 5) is 16.8. The van der Waals surface area contributed by atoms with Crippen LogP contribution in [0.1, 0.15) is 0 Å². The van der Waals surface area contributed by atoms with Crippen molar-refractivity contribution in [2.45, 2.75) is 0 Å². The Balaban J connectivity index is 1.49. The van der Waals surface area contributed by atoms with Crippen molar-refractivity contribution in [3.63, 3.8) is 0 Å². The summed E-state index contributed by atoms with van der Waals surface area (Å²) in [6.45, 7) is -0.112. The highest BCUT2D eigenvalue weighted by molar-refractivity contribution is 5.95. The van der Waals surface area contributed by atoms with E-state index >= 15 is 0 Å². The summed E-state index contributed by atoms with van der Waals surface area (Å²) in [7, 11) is 1.61. The zero-order chi connectivity index (χ0) is 20.8. The summed E-state index contributed by atoms with van der Waals surface area (Å²) in [5.74, 6) is 1.83. The van der Waals surface area contributed by atoms with Gasteiger partial charge < -0.3 is 19.3 Å². The molecule has 0 unspecified atom stereocenters. The topological polar surface area (TPSA) is 86.5 Å². The SMILES string of the molecule is COc1ccc(-c2noc(-c3ccccc3NC(=O)COc3ccccc3)n2)cc1. The van der Waals surface area contributed by atoms with Crippen LogP contribution in [0.15, 0.2) is 83.4 Å². The minimum absolute atomic E-state index is 0.112. The predicted octanol–water partition coefficient (Wildman–Crippen LogP) is 4.43. The van der Waals surface area contributed by atoms with Crippen molar-refractivity contribution in [3.05, 3.63) is 78.9 Å². The molecule has 0 atom stereocenters. The fraction of sp³-hybridized carbons (Fsp3) is 0.0870. The first-order chi connectivity index (χ1) is 14.7. The molecule has 0 radical (unpaired) electrons. The molecular formula is C23H19N3O4. The zero-order valence-corrected chi connectivity index (χ0v) is 16.2. The molecule has 3 aromatic carbocycles. The molecule has 150 valence electrons. The third kappa shape index (κ3) is 4.47. The largest absolute Gasteiger partial charge is 0.497 e. The van der Waals surface area contributed by atoms with Crippen LogP contribution in [-0.4, -0.2) is 29.8 Å². The van der Waals surface area contributed by atoms with Crippen LogP contribution in [0.4, 0.5) is 5.69 Å². The maximum absolute atomic E-state index is 12.3. The highest BCUT2D eigenvalue weighted by atomic mass is 16.5. The minimum atomic E-state index is -0.291. The summed E-state index contributed by atoms with van der Waals surface area (Å²) in [5, 5.41) is 6.89. The second kappa shape index (κ2) is 8.91. The summed E-state index contributed by atoms with van der Waals surface area (Å²) < 4.78 is 16.1. The van der Waals surface area contributed by atoms with E-state index in [0.29, 0.717) is 28.7 Å². The number of para-hydroxylation sites is 2. The van der Waals surface area contributed by atoms with Crippen LogP contribution in [0.25, 0.3) is 22.8 Å². The van der Waals surface area contributed by atoms with Crippen LogP contribution >= 0.6 is 0 Å². The number of aromatic nitrogens is 2. The average Bonchev–Trinajstić information content (AvgIpc) is 3.29. The van der Waals surface area contributed by atoms with E-state index in [1.54, 1.807) is 31.4 Å². The normalized spacial score (nSPS) is 10.4. The molecule has 0 aliphatic rings. The van der Waals surface area contributed by atoms with Crippen molar-refractivity contribution in [2.24, 2.45) is 0 Å². The van der Waals surface area contributed by atoms with Gasteiger partial charge in [0.1, 0.15) is 11.5 Å². The van der Waals surface area contributed by atoms with Gasteiger partial charge in [-0.3, -0.25) is 4.79 Å². The molecule has 1 amide bonds. The van der Waals surface area contributed by atoms with Crippen molar-refractivity contribution in [1.29, 1.82) is 0 Å². The lowest BCUT2D eigenvalue weighted by Crippen LogP contribution is -2.20. The molecule has 1 heterocycles. The first kappa shape index (κ1) is 19.2. The Labute approximate surface area is 173 Å². The molecule has 1 aromatic heterocycles. The lowest BCUT2D eigenvalue weighted by atomic mass is 10.1. The van der Waals surface area contributed by atoms with E-state index in [1.807, 2.05) is 54.6 Å². The monoisotopic (exact) mass is 401 g/mol. The molecule has 4 aromatic rings. The molecule has 0 aliphatic heterocycles. The first-order valence-electron chi connectivity index (χ1n) is 9.28. The van der Waals surface area contributed by atoms with E-state index in [0.717, 1.165) is 11.3 Å². The van der Waals surface area contributed by atoms with Gasteiger partial charge in [0.25, 0.3) is 11.8 Å². The van der Waals surface area contributed by atoms with E-state index in [4.69, 9.17) is 14.0 Å². The number of anilines is 1. The van der Waals surface area contributed by atoms with E-state index in [9.17, 15) is 4.79 Å². The fourth-order valence-corrected chi connectivity index (χ4v) is 2.82. The van der Waals surface area contributed by atoms with E-state index in [-0.39, 0.29) is 12.5 Å². The first-order valence-corrected chi connectivity index (χ1v) is 9.28. The standard InChI is InChI=1S/C23H19N3O4/c1-28-17-13-11-16(12-14-17)22-25-23(30-26-22)19-9-5-6-10-20(19)24-21(27)15-29-18-7-3-2-4-8-18/h2-14H,15H2,1H3,(H,24,27). The van der Waals surface area contributed by atoms with Crippen molar-refractivity contribution in [3.8, 4) is 34.3 Å². The number of rotatable bonds is 7. The lowest BCUT2D eigenvalue weighted by molar-refractivity contribution is -0.118. The molecule has 0 fully saturated rings. The van der Waals surface area contributed by atoms with Gasteiger partial charge in [-0.15, -0.1) is 0 Å². The maximum Gasteiger partial charge on any atom is 0.262 e. The molecule has 0 saturated carbocycles. The molecule has 4 rings (SSSR count). The number of amides is 1. The van der Waals surface area contributed by atoms with Crippen molar-refractivity contribution in [1.82, 2.24) is 10.1 Å². The maximum atomic E-state index is 12.3. The smallest absolute Gasteiger partial charge is 0.262 e. The third-order valence-corrected chi connectivity index (χ3v) is 4.32. The summed E-state index contributed by atoms with van der Waals surface area (Å²) in [6.07, 6.45) is 0. The van der Waals surface area contributed by atoms with Gasteiger partial charge >= 0.3 is 0 Å². The molecule has 7 nitrogen and oxygen atoms in total. The number of nitrogens with zero attached hydrogens (tertiary/aromatic N) is 2. The quantitative estimate of drug-likeness (QED) is 0.493.